The number of hydrogen-bond acceptors (Lipinski definition) is 4. The Hall–Kier alpha value is -2.27. The molecule has 1 aliphatic rings. The summed E-state index contributed by atoms with van der Waals surface area (Å²) in [5, 5.41) is 13.7. The molecule has 128 valence electrons. The van der Waals surface area contributed by atoms with Crippen molar-refractivity contribution in [3.05, 3.63) is 54.0 Å². The second kappa shape index (κ2) is 7.53. The number of nitrogens with zero attached hydrogens (tertiary/aromatic N) is 1. The number of carbonyl (C=O) groups excluding carboxylic acids is 1. The average Bonchev–Trinajstić information content (AvgIpc) is 3.15. The molecule has 5 nitrogen and oxygen atoms in total. The lowest BCUT2D eigenvalue weighted by Crippen LogP contribution is -2.45. The second-order valence-electron chi connectivity index (χ2n) is 6.26. The Balaban J connectivity index is 1.57. The van der Waals surface area contributed by atoms with Gasteiger partial charge in [-0.1, -0.05) is 25.1 Å². The first-order chi connectivity index (χ1) is 11.7. The maximum atomic E-state index is 12.3. The number of phenolic OH excluding ortho intramolecular Hbond substituents is 1. The number of carbonyl (C=O) groups is 1. The van der Waals surface area contributed by atoms with Gasteiger partial charge in [-0.25, -0.2) is 0 Å². The first-order valence-corrected chi connectivity index (χ1v) is 8.54. The Labute approximate surface area is 142 Å². The minimum Gasteiger partial charge on any atom is -0.508 e. The highest BCUT2D eigenvalue weighted by Crippen LogP contribution is 2.27. The van der Waals surface area contributed by atoms with Crippen LogP contribution in [0.3, 0.4) is 0 Å². The van der Waals surface area contributed by atoms with E-state index in [2.05, 4.69) is 12.2 Å². The van der Waals surface area contributed by atoms with E-state index in [1.165, 1.54) is 12.5 Å². The van der Waals surface area contributed by atoms with Crippen LogP contribution in [0, 0.1) is 0 Å². The van der Waals surface area contributed by atoms with Gasteiger partial charge in [0, 0.05) is 30.7 Å². The third kappa shape index (κ3) is 3.62. The van der Waals surface area contributed by atoms with E-state index in [9.17, 15) is 9.90 Å². The summed E-state index contributed by atoms with van der Waals surface area (Å²) in [6.07, 6.45) is 5.75. The van der Waals surface area contributed by atoms with E-state index < -0.39 is 0 Å². The van der Waals surface area contributed by atoms with E-state index >= 15 is 0 Å². The van der Waals surface area contributed by atoms with Crippen LogP contribution in [0.2, 0.25) is 0 Å². The molecule has 3 rings (SSSR count). The second-order valence-corrected chi connectivity index (χ2v) is 6.26. The number of furan rings is 1. The quantitative estimate of drug-likeness (QED) is 0.883. The zero-order valence-corrected chi connectivity index (χ0v) is 13.9. The van der Waals surface area contributed by atoms with Crippen LogP contribution in [-0.4, -0.2) is 35.0 Å². The Bertz CT molecular complexity index is 661. The normalized spacial score (nSPS) is 17.0. The fourth-order valence-electron chi connectivity index (χ4n) is 3.31. The SMILES string of the molecule is CCC(NC1CCN(C(=O)c2ccoc2)CC1)c1ccccc1O. The molecule has 24 heavy (non-hydrogen) atoms. The van der Waals surface area contributed by atoms with Crippen LogP contribution in [0.25, 0.3) is 0 Å². The van der Waals surface area contributed by atoms with Gasteiger partial charge in [-0.15, -0.1) is 0 Å². The molecule has 1 fully saturated rings. The minimum absolute atomic E-state index is 0.0370. The van der Waals surface area contributed by atoms with Gasteiger partial charge in [-0.05, 0) is 31.4 Å². The summed E-state index contributed by atoms with van der Waals surface area (Å²) in [5.41, 5.74) is 1.55. The van der Waals surface area contributed by atoms with Gasteiger partial charge >= 0.3 is 0 Å². The Morgan fingerprint density at radius 3 is 2.71 bits per heavy atom. The maximum absolute atomic E-state index is 12.3. The number of hydrogen-bond donors (Lipinski definition) is 2. The molecule has 1 unspecified atom stereocenters. The van der Waals surface area contributed by atoms with Crippen LogP contribution in [-0.2, 0) is 0 Å². The van der Waals surface area contributed by atoms with Crippen molar-refractivity contribution in [3.63, 3.8) is 0 Å². The van der Waals surface area contributed by atoms with E-state index in [1.54, 1.807) is 12.1 Å². The number of benzene rings is 1. The summed E-state index contributed by atoms with van der Waals surface area (Å²) >= 11 is 0. The van der Waals surface area contributed by atoms with Crippen LogP contribution in [0.1, 0.15) is 48.1 Å². The highest BCUT2D eigenvalue weighted by Gasteiger charge is 2.26. The molecule has 1 aromatic carbocycles. The molecule has 0 spiro atoms. The number of amides is 1. The lowest BCUT2D eigenvalue weighted by atomic mass is 9.98. The van der Waals surface area contributed by atoms with Crippen molar-refractivity contribution in [1.82, 2.24) is 10.2 Å². The summed E-state index contributed by atoms with van der Waals surface area (Å²) in [7, 11) is 0. The van der Waals surface area contributed by atoms with Crippen molar-refractivity contribution in [3.8, 4) is 5.75 Å². The molecule has 1 aromatic heterocycles. The minimum atomic E-state index is 0.0370. The molecular formula is C19H24N2O3. The number of para-hydroxylation sites is 1. The van der Waals surface area contributed by atoms with Crippen LogP contribution < -0.4 is 5.32 Å². The van der Waals surface area contributed by atoms with Gasteiger partial charge in [0.25, 0.3) is 5.91 Å². The summed E-state index contributed by atoms with van der Waals surface area (Å²) < 4.78 is 4.99. The number of piperidine rings is 1. The number of nitrogens with one attached hydrogen (secondary N) is 1. The molecular weight excluding hydrogens is 304 g/mol. The van der Waals surface area contributed by atoms with E-state index in [0.29, 0.717) is 17.4 Å². The van der Waals surface area contributed by atoms with Crippen LogP contribution in [0.4, 0.5) is 0 Å². The van der Waals surface area contributed by atoms with Crippen molar-refractivity contribution in [2.24, 2.45) is 0 Å². The van der Waals surface area contributed by atoms with Crippen molar-refractivity contribution < 1.29 is 14.3 Å². The van der Waals surface area contributed by atoms with Gasteiger partial charge in [0.05, 0.1) is 11.8 Å². The molecule has 0 aliphatic carbocycles. The first-order valence-electron chi connectivity index (χ1n) is 8.54. The molecule has 2 aromatic rings. The van der Waals surface area contributed by atoms with Crippen molar-refractivity contribution in [1.29, 1.82) is 0 Å². The summed E-state index contributed by atoms with van der Waals surface area (Å²) in [5.74, 6) is 0.374. The summed E-state index contributed by atoms with van der Waals surface area (Å²) in [6, 6.07) is 9.67. The van der Waals surface area contributed by atoms with Gasteiger partial charge in [0.15, 0.2) is 0 Å². The summed E-state index contributed by atoms with van der Waals surface area (Å²) in [4.78, 5) is 14.2. The largest absolute Gasteiger partial charge is 0.508 e. The van der Waals surface area contributed by atoms with Gasteiger partial charge in [-0.2, -0.15) is 0 Å². The van der Waals surface area contributed by atoms with E-state index in [1.807, 2.05) is 23.1 Å². The molecule has 1 amide bonds. The van der Waals surface area contributed by atoms with Gasteiger partial charge in [0.2, 0.25) is 0 Å². The van der Waals surface area contributed by atoms with Gasteiger partial charge in [-0.3, -0.25) is 4.79 Å². The van der Waals surface area contributed by atoms with Crippen LogP contribution in [0.5, 0.6) is 5.75 Å². The van der Waals surface area contributed by atoms with Crippen LogP contribution in [0.15, 0.2) is 47.3 Å². The average molecular weight is 328 g/mol. The molecule has 1 saturated heterocycles. The van der Waals surface area contributed by atoms with Crippen molar-refractivity contribution >= 4 is 5.91 Å². The number of likely N-dealkylation sites (tertiary alicyclic amines) is 1. The number of phenols is 1. The van der Waals surface area contributed by atoms with Gasteiger partial charge in [0.1, 0.15) is 12.0 Å². The van der Waals surface area contributed by atoms with E-state index in [4.69, 9.17) is 4.42 Å². The van der Waals surface area contributed by atoms with Crippen molar-refractivity contribution in [2.45, 2.75) is 38.3 Å². The number of rotatable bonds is 5. The third-order valence-corrected chi connectivity index (χ3v) is 4.71. The topological polar surface area (TPSA) is 65.7 Å². The van der Waals surface area contributed by atoms with Crippen LogP contribution >= 0.6 is 0 Å². The molecule has 0 saturated carbocycles. The lowest BCUT2D eigenvalue weighted by Gasteiger charge is -2.34. The molecule has 5 heteroatoms. The zero-order valence-electron chi connectivity index (χ0n) is 13.9. The standard InChI is InChI=1S/C19H24N2O3/c1-2-17(16-5-3-4-6-18(16)22)20-15-7-10-21(11-8-15)19(23)14-9-12-24-13-14/h3-6,9,12-13,15,17,20,22H,2,7-8,10-11H2,1H3. The molecule has 2 heterocycles. The Morgan fingerprint density at radius 2 is 2.08 bits per heavy atom. The molecule has 0 radical (unpaired) electrons. The predicted molar refractivity (Wildman–Crippen MR) is 91.9 cm³/mol. The molecule has 0 bridgehead atoms. The Kier molecular flexibility index (Phi) is 5.20. The number of aromatic hydroxyl groups is 1. The highest BCUT2D eigenvalue weighted by atomic mass is 16.3. The smallest absolute Gasteiger partial charge is 0.257 e. The predicted octanol–water partition coefficient (Wildman–Crippen LogP) is 3.33. The fourth-order valence-corrected chi connectivity index (χ4v) is 3.31. The maximum Gasteiger partial charge on any atom is 0.257 e. The Morgan fingerprint density at radius 1 is 1.33 bits per heavy atom. The molecule has 1 atom stereocenters. The first kappa shape index (κ1) is 16.6. The zero-order chi connectivity index (χ0) is 16.9. The van der Waals surface area contributed by atoms with E-state index in [0.717, 1.165) is 37.9 Å². The lowest BCUT2D eigenvalue weighted by molar-refractivity contribution is 0.0700. The van der Waals surface area contributed by atoms with Crippen molar-refractivity contribution in [2.75, 3.05) is 13.1 Å². The monoisotopic (exact) mass is 328 g/mol. The summed E-state index contributed by atoms with van der Waals surface area (Å²) in [6.45, 7) is 3.58. The van der Waals surface area contributed by atoms with Gasteiger partial charge < -0.3 is 19.7 Å². The fraction of sp³-hybridized carbons (Fsp3) is 0.421. The molecule has 2 N–H and O–H groups in total. The van der Waals surface area contributed by atoms with E-state index in [-0.39, 0.29) is 11.9 Å². The molecule has 1 aliphatic heterocycles. The third-order valence-electron chi connectivity index (χ3n) is 4.71. The highest BCUT2D eigenvalue weighted by molar-refractivity contribution is 5.93.